The largest absolute Gasteiger partial charge is 0.483 e. The average Bonchev–Trinajstić information content (AvgIpc) is 2.36. The number of amides is 1. The summed E-state index contributed by atoms with van der Waals surface area (Å²) in [5.74, 6) is 0.132. The molecule has 0 heterocycles. The molecule has 0 unspecified atom stereocenters. The molecular formula is C12H15ClN2O3S. The van der Waals surface area contributed by atoms with Crippen LogP contribution < -0.4 is 15.8 Å². The highest BCUT2D eigenvalue weighted by atomic mass is 35.5. The van der Waals surface area contributed by atoms with E-state index in [4.69, 9.17) is 39.0 Å². The molecule has 0 aliphatic heterocycles. The molecule has 0 fully saturated rings. The van der Waals surface area contributed by atoms with E-state index >= 15 is 0 Å². The minimum absolute atomic E-state index is 0.125. The molecule has 0 spiro atoms. The van der Waals surface area contributed by atoms with E-state index in [1.165, 1.54) is 0 Å². The monoisotopic (exact) mass is 302 g/mol. The lowest BCUT2D eigenvalue weighted by atomic mass is 10.2. The SMILES string of the molecule is COCCNC(=O)COc1cccc(Cl)c1C(N)=S. The van der Waals surface area contributed by atoms with Gasteiger partial charge in [-0.15, -0.1) is 0 Å². The van der Waals surface area contributed by atoms with Gasteiger partial charge in [-0.1, -0.05) is 29.9 Å². The summed E-state index contributed by atoms with van der Waals surface area (Å²) in [5, 5.41) is 3.02. The fourth-order valence-corrected chi connectivity index (χ4v) is 1.88. The Hall–Kier alpha value is -1.37. The van der Waals surface area contributed by atoms with Gasteiger partial charge in [-0.2, -0.15) is 0 Å². The van der Waals surface area contributed by atoms with Crippen molar-refractivity contribution in [2.45, 2.75) is 0 Å². The summed E-state index contributed by atoms with van der Waals surface area (Å²) in [6, 6.07) is 5.01. The summed E-state index contributed by atoms with van der Waals surface area (Å²) < 4.78 is 10.2. The second kappa shape index (κ2) is 7.93. The van der Waals surface area contributed by atoms with Gasteiger partial charge in [0, 0.05) is 13.7 Å². The van der Waals surface area contributed by atoms with Gasteiger partial charge < -0.3 is 20.5 Å². The highest BCUT2D eigenvalue weighted by Crippen LogP contribution is 2.26. The standard InChI is InChI=1S/C12H15ClN2O3S/c1-17-6-5-15-10(16)7-18-9-4-2-3-8(13)11(9)12(14)19/h2-4H,5-7H2,1H3,(H2,14,19)(H,15,16). The second-order valence-corrected chi connectivity index (χ2v) is 4.46. The van der Waals surface area contributed by atoms with Gasteiger partial charge >= 0.3 is 0 Å². The fourth-order valence-electron chi connectivity index (χ4n) is 1.35. The molecule has 7 heteroatoms. The molecule has 0 bridgehead atoms. The molecular weight excluding hydrogens is 288 g/mol. The number of ether oxygens (including phenoxy) is 2. The zero-order valence-corrected chi connectivity index (χ0v) is 12.0. The van der Waals surface area contributed by atoms with Crippen LogP contribution in [0.4, 0.5) is 0 Å². The first-order valence-electron chi connectivity index (χ1n) is 5.53. The predicted molar refractivity (Wildman–Crippen MR) is 77.7 cm³/mol. The van der Waals surface area contributed by atoms with Crippen molar-refractivity contribution in [3.63, 3.8) is 0 Å². The molecule has 0 radical (unpaired) electrons. The molecule has 0 aliphatic carbocycles. The van der Waals surface area contributed by atoms with Crippen LogP contribution in [0.5, 0.6) is 5.75 Å². The van der Waals surface area contributed by atoms with Crippen molar-refractivity contribution in [1.29, 1.82) is 0 Å². The zero-order chi connectivity index (χ0) is 14.3. The first-order valence-corrected chi connectivity index (χ1v) is 6.31. The van der Waals surface area contributed by atoms with Crippen molar-refractivity contribution in [1.82, 2.24) is 5.32 Å². The van der Waals surface area contributed by atoms with Crippen LogP contribution in [0.15, 0.2) is 18.2 Å². The van der Waals surface area contributed by atoms with E-state index in [2.05, 4.69) is 5.32 Å². The normalized spacial score (nSPS) is 10.0. The van der Waals surface area contributed by atoms with Gasteiger partial charge in [-0.05, 0) is 12.1 Å². The van der Waals surface area contributed by atoms with Gasteiger partial charge in [-0.25, -0.2) is 0 Å². The minimum Gasteiger partial charge on any atom is -0.483 e. The Morgan fingerprint density at radius 2 is 2.26 bits per heavy atom. The molecule has 1 aromatic rings. The Morgan fingerprint density at radius 1 is 1.53 bits per heavy atom. The lowest BCUT2D eigenvalue weighted by Gasteiger charge is -2.11. The van der Waals surface area contributed by atoms with E-state index in [9.17, 15) is 4.79 Å². The molecule has 0 aromatic heterocycles. The van der Waals surface area contributed by atoms with Gasteiger partial charge in [0.15, 0.2) is 6.61 Å². The van der Waals surface area contributed by atoms with E-state index in [1.807, 2.05) is 0 Å². The minimum atomic E-state index is -0.258. The summed E-state index contributed by atoms with van der Waals surface area (Å²) in [4.78, 5) is 11.6. The van der Waals surface area contributed by atoms with E-state index < -0.39 is 0 Å². The van der Waals surface area contributed by atoms with Crippen molar-refractivity contribution < 1.29 is 14.3 Å². The van der Waals surface area contributed by atoms with E-state index in [-0.39, 0.29) is 17.5 Å². The van der Waals surface area contributed by atoms with Crippen LogP contribution in [-0.2, 0) is 9.53 Å². The number of rotatable bonds is 7. The van der Waals surface area contributed by atoms with Gasteiger partial charge in [0.25, 0.3) is 5.91 Å². The fraction of sp³-hybridized carbons (Fsp3) is 0.333. The van der Waals surface area contributed by atoms with Crippen LogP contribution in [0.1, 0.15) is 5.56 Å². The average molecular weight is 303 g/mol. The van der Waals surface area contributed by atoms with Crippen LogP contribution in [0.3, 0.4) is 0 Å². The van der Waals surface area contributed by atoms with Gasteiger partial charge in [-0.3, -0.25) is 4.79 Å². The molecule has 5 nitrogen and oxygen atoms in total. The van der Waals surface area contributed by atoms with Crippen LogP contribution in [-0.4, -0.2) is 37.8 Å². The highest BCUT2D eigenvalue weighted by molar-refractivity contribution is 7.80. The smallest absolute Gasteiger partial charge is 0.258 e. The third kappa shape index (κ3) is 5.02. The lowest BCUT2D eigenvalue weighted by Crippen LogP contribution is -2.31. The maximum Gasteiger partial charge on any atom is 0.258 e. The van der Waals surface area contributed by atoms with Crippen molar-refractivity contribution in [2.75, 3.05) is 26.9 Å². The number of thiocarbonyl (C=S) groups is 1. The Morgan fingerprint density at radius 3 is 2.89 bits per heavy atom. The summed E-state index contributed by atoms with van der Waals surface area (Å²) in [5.41, 5.74) is 6.00. The van der Waals surface area contributed by atoms with E-state index in [0.29, 0.717) is 29.5 Å². The van der Waals surface area contributed by atoms with Gasteiger partial charge in [0.05, 0.1) is 17.2 Å². The number of carbonyl (C=O) groups is 1. The van der Waals surface area contributed by atoms with Crippen LogP contribution >= 0.6 is 23.8 Å². The van der Waals surface area contributed by atoms with Gasteiger partial charge in [0.2, 0.25) is 0 Å². The predicted octanol–water partition coefficient (Wildman–Crippen LogP) is 1.12. The number of carbonyl (C=O) groups excluding carboxylic acids is 1. The number of nitrogens with two attached hydrogens (primary N) is 1. The number of halogens is 1. The summed E-state index contributed by atoms with van der Waals surface area (Å²) >= 11 is 10.9. The van der Waals surface area contributed by atoms with E-state index in [0.717, 1.165) is 0 Å². The molecule has 1 aromatic carbocycles. The molecule has 0 aliphatic rings. The number of hydrogen-bond acceptors (Lipinski definition) is 4. The maximum atomic E-state index is 11.5. The number of methoxy groups -OCH3 is 1. The maximum absolute atomic E-state index is 11.5. The molecule has 19 heavy (non-hydrogen) atoms. The van der Waals surface area contributed by atoms with Crippen LogP contribution in [0.25, 0.3) is 0 Å². The highest BCUT2D eigenvalue weighted by Gasteiger charge is 2.12. The number of hydrogen-bond donors (Lipinski definition) is 2. The third-order valence-electron chi connectivity index (χ3n) is 2.21. The molecule has 1 rings (SSSR count). The number of benzene rings is 1. The molecule has 0 atom stereocenters. The quantitative estimate of drug-likeness (QED) is 0.583. The van der Waals surface area contributed by atoms with Crippen LogP contribution in [0.2, 0.25) is 5.02 Å². The Bertz CT molecular complexity index is 468. The zero-order valence-electron chi connectivity index (χ0n) is 10.4. The Balaban J connectivity index is 2.60. The topological polar surface area (TPSA) is 73.6 Å². The van der Waals surface area contributed by atoms with Crippen molar-refractivity contribution in [3.8, 4) is 5.75 Å². The first kappa shape index (κ1) is 15.7. The molecule has 1 amide bonds. The van der Waals surface area contributed by atoms with Gasteiger partial charge in [0.1, 0.15) is 10.7 Å². The summed E-state index contributed by atoms with van der Waals surface area (Å²) in [6.07, 6.45) is 0. The third-order valence-corrected chi connectivity index (χ3v) is 2.73. The van der Waals surface area contributed by atoms with Crippen molar-refractivity contribution in [2.24, 2.45) is 5.73 Å². The molecule has 104 valence electrons. The molecule has 3 N–H and O–H groups in total. The van der Waals surface area contributed by atoms with E-state index in [1.54, 1.807) is 25.3 Å². The summed E-state index contributed by atoms with van der Waals surface area (Å²) in [6.45, 7) is 0.733. The second-order valence-electron chi connectivity index (χ2n) is 3.61. The first-order chi connectivity index (χ1) is 9.06. The van der Waals surface area contributed by atoms with Crippen molar-refractivity contribution in [3.05, 3.63) is 28.8 Å². The number of nitrogens with one attached hydrogen (secondary N) is 1. The molecule has 0 saturated carbocycles. The Labute approximate surface area is 122 Å². The lowest BCUT2D eigenvalue weighted by molar-refractivity contribution is -0.123. The Kier molecular flexibility index (Phi) is 6.55. The van der Waals surface area contributed by atoms with Crippen LogP contribution in [0, 0.1) is 0 Å². The van der Waals surface area contributed by atoms with Crippen molar-refractivity contribution >= 4 is 34.7 Å². The summed E-state index contributed by atoms with van der Waals surface area (Å²) in [7, 11) is 1.56. The molecule has 0 saturated heterocycles.